The molecule has 0 radical (unpaired) electrons. The van der Waals surface area contributed by atoms with Gasteiger partial charge in [-0.05, 0) is 48.9 Å². The highest BCUT2D eigenvalue weighted by atomic mass is 35.5. The number of halogens is 1. The number of carbonyl (C=O) groups is 1. The average molecular weight is 375 g/mol. The Labute approximate surface area is 158 Å². The second-order valence-corrected chi connectivity index (χ2v) is 8.68. The minimum atomic E-state index is 0.200. The summed E-state index contributed by atoms with van der Waals surface area (Å²) in [6, 6.07) is 10.1. The predicted octanol–water partition coefficient (Wildman–Crippen LogP) is 4.49. The first kappa shape index (κ1) is 16.9. The van der Waals surface area contributed by atoms with Gasteiger partial charge in [-0.3, -0.25) is 4.79 Å². The van der Waals surface area contributed by atoms with E-state index < -0.39 is 0 Å². The van der Waals surface area contributed by atoms with Crippen LogP contribution in [0.5, 0.6) is 0 Å². The summed E-state index contributed by atoms with van der Waals surface area (Å²) in [6.45, 7) is 5.47. The van der Waals surface area contributed by atoms with Crippen molar-refractivity contribution in [3.05, 3.63) is 50.7 Å². The van der Waals surface area contributed by atoms with E-state index in [1.54, 1.807) is 11.3 Å². The largest absolute Gasteiger partial charge is 0.367 e. The molecule has 5 heteroatoms. The molecule has 2 heterocycles. The van der Waals surface area contributed by atoms with Crippen LogP contribution in [0.2, 0.25) is 5.02 Å². The molecule has 0 saturated carbocycles. The van der Waals surface area contributed by atoms with E-state index in [1.165, 1.54) is 16.9 Å². The highest BCUT2D eigenvalue weighted by Crippen LogP contribution is 2.33. The van der Waals surface area contributed by atoms with Gasteiger partial charge in [-0.1, -0.05) is 30.7 Å². The number of hydrogen-bond donors (Lipinski definition) is 0. The molecule has 0 bridgehead atoms. The number of para-hydroxylation sites is 1. The number of thiophene rings is 1. The molecule has 2 aromatic rings. The standard InChI is InChI=1S/C20H23ClN2OS/c1-14-6-7-18-15(12-14)13-19(25-18)20(24)23-10-8-22(9-11-23)17-5-3-2-4-16(17)21/h2-5,13-14H,6-12H2,1H3/t14-/m0/s1. The van der Waals surface area contributed by atoms with E-state index in [0.29, 0.717) is 0 Å². The molecule has 1 amide bonds. The predicted molar refractivity (Wildman–Crippen MR) is 105 cm³/mol. The summed E-state index contributed by atoms with van der Waals surface area (Å²) < 4.78 is 0. The molecule has 3 nitrogen and oxygen atoms in total. The topological polar surface area (TPSA) is 23.6 Å². The first-order chi connectivity index (χ1) is 12.1. The SMILES string of the molecule is C[C@H]1CCc2sc(C(=O)N3CCN(c4ccccc4Cl)CC3)cc2C1. The molecule has 2 aliphatic rings. The molecule has 1 aromatic heterocycles. The van der Waals surface area contributed by atoms with Crippen LogP contribution in [0.25, 0.3) is 0 Å². The second kappa shape index (κ2) is 7.00. The van der Waals surface area contributed by atoms with Crippen molar-refractivity contribution >= 4 is 34.5 Å². The Morgan fingerprint density at radius 1 is 1.20 bits per heavy atom. The van der Waals surface area contributed by atoms with Gasteiger partial charge in [-0.15, -0.1) is 11.3 Å². The molecule has 25 heavy (non-hydrogen) atoms. The fraction of sp³-hybridized carbons (Fsp3) is 0.450. The normalized spacial score (nSPS) is 20.5. The molecule has 1 aliphatic heterocycles. The highest BCUT2D eigenvalue weighted by Gasteiger charge is 2.26. The zero-order valence-corrected chi connectivity index (χ0v) is 16.1. The number of nitrogens with zero attached hydrogens (tertiary/aromatic N) is 2. The number of fused-ring (bicyclic) bond motifs is 1. The lowest BCUT2D eigenvalue weighted by molar-refractivity contribution is 0.0751. The number of benzene rings is 1. The third-order valence-corrected chi connectivity index (χ3v) is 6.84. The third kappa shape index (κ3) is 3.42. The molecule has 4 rings (SSSR count). The van der Waals surface area contributed by atoms with Gasteiger partial charge in [0.15, 0.2) is 0 Å². The van der Waals surface area contributed by atoms with E-state index in [0.717, 1.165) is 60.5 Å². The van der Waals surface area contributed by atoms with Crippen molar-refractivity contribution in [2.24, 2.45) is 5.92 Å². The number of carbonyl (C=O) groups excluding carboxylic acids is 1. The molecular weight excluding hydrogens is 352 g/mol. The molecule has 1 saturated heterocycles. The Kier molecular flexibility index (Phi) is 4.74. The van der Waals surface area contributed by atoms with Crippen LogP contribution >= 0.6 is 22.9 Å². The van der Waals surface area contributed by atoms with Gasteiger partial charge in [0.05, 0.1) is 15.6 Å². The van der Waals surface area contributed by atoms with Crippen molar-refractivity contribution in [3.63, 3.8) is 0 Å². The van der Waals surface area contributed by atoms with Crippen molar-refractivity contribution in [1.82, 2.24) is 4.90 Å². The highest BCUT2D eigenvalue weighted by molar-refractivity contribution is 7.14. The van der Waals surface area contributed by atoms with Crippen molar-refractivity contribution in [2.75, 3.05) is 31.1 Å². The Bertz CT molecular complexity index is 780. The molecule has 1 atom stereocenters. The van der Waals surface area contributed by atoms with E-state index >= 15 is 0 Å². The Balaban J connectivity index is 1.43. The summed E-state index contributed by atoms with van der Waals surface area (Å²) in [5.41, 5.74) is 2.47. The number of hydrogen-bond acceptors (Lipinski definition) is 3. The molecule has 1 aliphatic carbocycles. The van der Waals surface area contributed by atoms with Crippen LogP contribution in [0.15, 0.2) is 30.3 Å². The summed E-state index contributed by atoms with van der Waals surface area (Å²) in [5, 5.41) is 0.780. The Hall–Kier alpha value is -1.52. The van der Waals surface area contributed by atoms with Gasteiger partial charge in [-0.25, -0.2) is 0 Å². The lowest BCUT2D eigenvalue weighted by Crippen LogP contribution is -2.48. The lowest BCUT2D eigenvalue weighted by Gasteiger charge is -2.36. The number of anilines is 1. The quantitative estimate of drug-likeness (QED) is 0.773. The minimum Gasteiger partial charge on any atom is -0.367 e. The fourth-order valence-corrected chi connectivity index (χ4v) is 5.26. The molecule has 1 aromatic carbocycles. The van der Waals surface area contributed by atoms with Crippen LogP contribution in [0.1, 0.15) is 33.5 Å². The van der Waals surface area contributed by atoms with Gasteiger partial charge < -0.3 is 9.80 Å². The minimum absolute atomic E-state index is 0.200. The maximum atomic E-state index is 12.9. The van der Waals surface area contributed by atoms with Crippen molar-refractivity contribution < 1.29 is 4.79 Å². The summed E-state index contributed by atoms with van der Waals surface area (Å²) in [4.78, 5) is 19.5. The van der Waals surface area contributed by atoms with Crippen LogP contribution in [-0.4, -0.2) is 37.0 Å². The smallest absolute Gasteiger partial charge is 0.264 e. The van der Waals surface area contributed by atoms with E-state index in [9.17, 15) is 4.79 Å². The molecular formula is C20H23ClN2OS. The van der Waals surface area contributed by atoms with E-state index in [4.69, 9.17) is 11.6 Å². The van der Waals surface area contributed by atoms with Gasteiger partial charge >= 0.3 is 0 Å². The molecule has 1 fully saturated rings. The summed E-state index contributed by atoms with van der Waals surface area (Å²) in [6.07, 6.45) is 3.51. The maximum Gasteiger partial charge on any atom is 0.264 e. The van der Waals surface area contributed by atoms with Crippen LogP contribution in [0.4, 0.5) is 5.69 Å². The van der Waals surface area contributed by atoms with E-state index in [1.807, 2.05) is 29.2 Å². The summed E-state index contributed by atoms with van der Waals surface area (Å²) in [7, 11) is 0. The summed E-state index contributed by atoms with van der Waals surface area (Å²) >= 11 is 8.01. The van der Waals surface area contributed by atoms with Gasteiger partial charge in [0.2, 0.25) is 0 Å². The Morgan fingerprint density at radius 2 is 1.96 bits per heavy atom. The lowest BCUT2D eigenvalue weighted by atomic mass is 9.90. The zero-order chi connectivity index (χ0) is 17.4. The van der Waals surface area contributed by atoms with E-state index in [-0.39, 0.29) is 5.91 Å². The third-order valence-electron chi connectivity index (χ3n) is 5.30. The maximum absolute atomic E-state index is 12.9. The summed E-state index contributed by atoms with van der Waals surface area (Å²) in [5.74, 6) is 0.940. The van der Waals surface area contributed by atoms with Crippen LogP contribution < -0.4 is 4.90 Å². The van der Waals surface area contributed by atoms with Gasteiger partial charge in [0.25, 0.3) is 5.91 Å². The van der Waals surface area contributed by atoms with E-state index in [2.05, 4.69) is 17.9 Å². The first-order valence-corrected chi connectivity index (χ1v) is 10.2. The number of aryl methyl sites for hydroxylation is 1. The number of rotatable bonds is 2. The van der Waals surface area contributed by atoms with Crippen LogP contribution in [-0.2, 0) is 12.8 Å². The molecule has 0 unspecified atom stereocenters. The van der Waals surface area contributed by atoms with Crippen LogP contribution in [0.3, 0.4) is 0 Å². The molecule has 0 spiro atoms. The molecule has 132 valence electrons. The van der Waals surface area contributed by atoms with Crippen LogP contribution in [0, 0.1) is 5.92 Å². The van der Waals surface area contributed by atoms with Crippen molar-refractivity contribution in [2.45, 2.75) is 26.2 Å². The number of amides is 1. The zero-order valence-electron chi connectivity index (χ0n) is 14.5. The van der Waals surface area contributed by atoms with Gasteiger partial charge in [-0.2, -0.15) is 0 Å². The van der Waals surface area contributed by atoms with Gasteiger partial charge in [0.1, 0.15) is 0 Å². The second-order valence-electron chi connectivity index (χ2n) is 7.14. The fourth-order valence-electron chi connectivity index (χ4n) is 3.83. The first-order valence-electron chi connectivity index (χ1n) is 9.02. The Morgan fingerprint density at radius 3 is 2.72 bits per heavy atom. The average Bonchev–Trinajstić information content (AvgIpc) is 3.05. The van der Waals surface area contributed by atoms with Crippen molar-refractivity contribution in [1.29, 1.82) is 0 Å². The number of piperazine rings is 1. The molecule has 0 N–H and O–H groups in total. The monoisotopic (exact) mass is 374 g/mol. The van der Waals surface area contributed by atoms with Gasteiger partial charge in [0, 0.05) is 31.1 Å². The van der Waals surface area contributed by atoms with Crippen molar-refractivity contribution in [3.8, 4) is 0 Å².